The molecule has 1 fully saturated rings. The molecule has 2 aromatic rings. The Balaban J connectivity index is 1.76. The van der Waals surface area contributed by atoms with Crippen molar-refractivity contribution in [2.45, 2.75) is 77.4 Å². The van der Waals surface area contributed by atoms with Gasteiger partial charge in [0.15, 0.2) is 0 Å². The molecule has 7 nitrogen and oxygen atoms in total. The number of nitrogens with zero attached hydrogens (tertiary/aromatic N) is 2. The van der Waals surface area contributed by atoms with E-state index in [4.69, 9.17) is 11.6 Å². The maximum atomic E-state index is 13.6. The Morgan fingerprint density at radius 1 is 1.08 bits per heavy atom. The number of nitrogens with one attached hydrogen (secondary N) is 1. The van der Waals surface area contributed by atoms with Crippen molar-refractivity contribution in [3.05, 3.63) is 64.7 Å². The normalized spacial score (nSPS) is 14.8. The van der Waals surface area contributed by atoms with Crippen molar-refractivity contribution in [2.24, 2.45) is 0 Å². The van der Waals surface area contributed by atoms with Gasteiger partial charge in [0.05, 0.1) is 11.9 Å². The average Bonchev–Trinajstić information content (AvgIpc) is 3.36. The van der Waals surface area contributed by atoms with E-state index in [1.807, 2.05) is 38.1 Å². The number of anilines is 1. The first kappa shape index (κ1) is 29.0. The molecule has 0 aliphatic heterocycles. The van der Waals surface area contributed by atoms with E-state index < -0.39 is 16.1 Å². The van der Waals surface area contributed by atoms with Crippen molar-refractivity contribution in [3.8, 4) is 0 Å². The summed E-state index contributed by atoms with van der Waals surface area (Å²) in [6.07, 6.45) is 6.25. The summed E-state index contributed by atoms with van der Waals surface area (Å²) in [5.41, 5.74) is 2.54. The molecule has 2 aromatic carbocycles. The quantitative estimate of drug-likeness (QED) is 0.402. The maximum Gasteiger partial charge on any atom is 0.243 e. The zero-order valence-corrected chi connectivity index (χ0v) is 23.5. The molecular formula is C28H38ClN3O4S. The number of rotatable bonds is 12. The number of carbonyl (C=O) groups is 2. The summed E-state index contributed by atoms with van der Waals surface area (Å²) in [6.45, 7) is 4.39. The second-order valence-electron chi connectivity index (χ2n) is 9.78. The molecule has 2 amide bonds. The van der Waals surface area contributed by atoms with Crippen molar-refractivity contribution in [1.29, 1.82) is 0 Å². The van der Waals surface area contributed by atoms with Crippen LogP contribution in [0.15, 0.2) is 48.5 Å². The van der Waals surface area contributed by atoms with Gasteiger partial charge in [-0.05, 0) is 68.0 Å². The Morgan fingerprint density at radius 3 is 2.32 bits per heavy atom. The Morgan fingerprint density at radius 2 is 1.73 bits per heavy atom. The van der Waals surface area contributed by atoms with Crippen molar-refractivity contribution in [2.75, 3.05) is 17.1 Å². The van der Waals surface area contributed by atoms with Crippen LogP contribution in [0.3, 0.4) is 0 Å². The highest BCUT2D eigenvalue weighted by molar-refractivity contribution is 7.92. The van der Waals surface area contributed by atoms with Gasteiger partial charge in [-0.1, -0.05) is 55.6 Å². The zero-order chi connectivity index (χ0) is 27.0. The van der Waals surface area contributed by atoms with Crippen LogP contribution >= 0.6 is 11.6 Å². The minimum Gasteiger partial charge on any atom is -0.352 e. The van der Waals surface area contributed by atoms with Crippen LogP contribution in [0, 0.1) is 6.92 Å². The summed E-state index contributed by atoms with van der Waals surface area (Å²) in [5.74, 6) is -0.281. The molecule has 1 aliphatic carbocycles. The van der Waals surface area contributed by atoms with Gasteiger partial charge in [-0.3, -0.25) is 13.9 Å². The van der Waals surface area contributed by atoms with Gasteiger partial charge < -0.3 is 10.2 Å². The van der Waals surface area contributed by atoms with Crippen LogP contribution in [0.5, 0.6) is 0 Å². The number of halogens is 1. The summed E-state index contributed by atoms with van der Waals surface area (Å²) in [7, 11) is -3.55. The monoisotopic (exact) mass is 547 g/mol. The Kier molecular flexibility index (Phi) is 10.4. The Hall–Kier alpha value is -2.58. The number of aryl methyl sites for hydroxylation is 1. The fourth-order valence-corrected chi connectivity index (χ4v) is 5.96. The van der Waals surface area contributed by atoms with E-state index in [1.54, 1.807) is 29.2 Å². The van der Waals surface area contributed by atoms with E-state index >= 15 is 0 Å². The van der Waals surface area contributed by atoms with Crippen LogP contribution in [-0.4, -0.2) is 50.0 Å². The van der Waals surface area contributed by atoms with Crippen LogP contribution in [-0.2, 0) is 26.2 Å². The lowest BCUT2D eigenvalue weighted by molar-refractivity contribution is -0.141. The summed E-state index contributed by atoms with van der Waals surface area (Å²) in [4.78, 5) is 28.5. The molecule has 0 saturated heterocycles. The largest absolute Gasteiger partial charge is 0.352 e. The maximum absolute atomic E-state index is 13.6. The van der Waals surface area contributed by atoms with Crippen molar-refractivity contribution < 1.29 is 18.0 Å². The lowest BCUT2D eigenvalue weighted by atomic mass is 10.0. The van der Waals surface area contributed by atoms with Crippen LogP contribution < -0.4 is 9.62 Å². The van der Waals surface area contributed by atoms with E-state index in [-0.39, 0.29) is 30.8 Å². The molecule has 1 atom stereocenters. The molecule has 0 unspecified atom stereocenters. The van der Waals surface area contributed by atoms with E-state index in [9.17, 15) is 18.0 Å². The lowest BCUT2D eigenvalue weighted by Crippen LogP contribution is -2.51. The lowest BCUT2D eigenvalue weighted by Gasteiger charge is -2.32. The first-order valence-corrected chi connectivity index (χ1v) is 15.2. The highest BCUT2D eigenvalue weighted by Crippen LogP contribution is 2.23. The Bertz CT molecular complexity index is 1160. The summed E-state index contributed by atoms with van der Waals surface area (Å²) in [6, 6.07) is 14.0. The zero-order valence-electron chi connectivity index (χ0n) is 22.0. The van der Waals surface area contributed by atoms with Gasteiger partial charge in [-0.15, -0.1) is 0 Å². The molecule has 0 spiro atoms. The van der Waals surface area contributed by atoms with Gasteiger partial charge in [0, 0.05) is 30.6 Å². The number of amides is 2. The molecule has 3 rings (SSSR count). The number of carbonyl (C=O) groups excluding carboxylic acids is 2. The molecule has 9 heteroatoms. The third-order valence-electron chi connectivity index (χ3n) is 6.96. The van der Waals surface area contributed by atoms with Crippen molar-refractivity contribution in [3.63, 3.8) is 0 Å². The molecule has 37 heavy (non-hydrogen) atoms. The number of sulfonamides is 1. The van der Waals surface area contributed by atoms with Gasteiger partial charge in [0.1, 0.15) is 6.04 Å². The van der Waals surface area contributed by atoms with Gasteiger partial charge in [0.25, 0.3) is 0 Å². The fourth-order valence-electron chi connectivity index (χ4n) is 4.87. The van der Waals surface area contributed by atoms with Crippen molar-refractivity contribution in [1.82, 2.24) is 10.2 Å². The second kappa shape index (κ2) is 13.3. The highest BCUT2D eigenvalue weighted by Gasteiger charge is 2.31. The summed E-state index contributed by atoms with van der Waals surface area (Å²) in [5, 5.41) is 3.67. The van der Waals surface area contributed by atoms with E-state index in [2.05, 4.69) is 5.32 Å². The highest BCUT2D eigenvalue weighted by atomic mass is 35.5. The van der Waals surface area contributed by atoms with Gasteiger partial charge >= 0.3 is 0 Å². The van der Waals surface area contributed by atoms with Crippen LogP contribution in [0.25, 0.3) is 0 Å². The van der Waals surface area contributed by atoms with E-state index in [0.717, 1.165) is 43.1 Å². The van der Waals surface area contributed by atoms with Gasteiger partial charge in [0.2, 0.25) is 21.8 Å². The molecule has 0 radical (unpaired) electrons. The number of benzene rings is 2. The molecular weight excluding hydrogens is 510 g/mol. The first-order chi connectivity index (χ1) is 17.6. The smallest absolute Gasteiger partial charge is 0.243 e. The predicted molar refractivity (Wildman–Crippen MR) is 149 cm³/mol. The third-order valence-corrected chi connectivity index (χ3v) is 8.40. The number of hydrogen-bond acceptors (Lipinski definition) is 4. The second-order valence-corrected chi connectivity index (χ2v) is 12.1. The molecule has 1 saturated carbocycles. The SMILES string of the molecule is CC[C@H](C(=O)NC1CCCC1)N(Cc1ccccc1C)C(=O)CCCN(c1ccc(Cl)cc1)S(C)(=O)=O. The molecule has 0 aromatic heterocycles. The van der Waals surface area contributed by atoms with E-state index in [1.165, 1.54) is 4.31 Å². The van der Waals surface area contributed by atoms with Gasteiger partial charge in [-0.25, -0.2) is 8.42 Å². The van der Waals surface area contributed by atoms with Crippen LogP contribution in [0.4, 0.5) is 5.69 Å². The standard InChI is InChI=1S/C28H38ClN3O4S/c1-4-26(28(34)30-24-12-7-8-13-24)31(20-22-11-6-5-10-21(22)2)27(33)14-9-19-32(37(3,35)36)25-17-15-23(29)16-18-25/h5-6,10-11,15-18,24,26H,4,7-9,12-14,19-20H2,1-3H3,(H,30,34)/t26-/m1/s1. The molecule has 1 N–H and O–H groups in total. The predicted octanol–water partition coefficient (Wildman–Crippen LogP) is 5.06. The van der Waals surface area contributed by atoms with Crippen LogP contribution in [0.2, 0.25) is 5.02 Å². The summed E-state index contributed by atoms with van der Waals surface area (Å²) < 4.78 is 26.2. The minimum absolute atomic E-state index is 0.115. The number of hydrogen-bond donors (Lipinski definition) is 1. The van der Waals surface area contributed by atoms with Gasteiger partial charge in [-0.2, -0.15) is 0 Å². The molecule has 1 aliphatic rings. The fraction of sp³-hybridized carbons (Fsp3) is 0.500. The molecule has 0 bridgehead atoms. The first-order valence-electron chi connectivity index (χ1n) is 13.0. The minimum atomic E-state index is -3.55. The van der Waals surface area contributed by atoms with Crippen LogP contribution in [0.1, 0.15) is 63.0 Å². The summed E-state index contributed by atoms with van der Waals surface area (Å²) >= 11 is 5.96. The Labute approximate surface area is 226 Å². The third kappa shape index (κ3) is 8.20. The van der Waals surface area contributed by atoms with Crippen molar-refractivity contribution >= 4 is 39.1 Å². The van der Waals surface area contributed by atoms with E-state index in [0.29, 0.717) is 30.1 Å². The topological polar surface area (TPSA) is 86.8 Å². The molecule has 202 valence electrons. The average molecular weight is 548 g/mol. The molecule has 0 heterocycles.